The van der Waals surface area contributed by atoms with Crippen molar-refractivity contribution in [1.29, 1.82) is 0 Å². The number of nitrogens with zero attached hydrogens (tertiary/aromatic N) is 1. The van der Waals surface area contributed by atoms with Gasteiger partial charge >= 0.3 is 0 Å². The second-order valence-electron chi connectivity index (χ2n) is 6.18. The number of amides is 1. The van der Waals surface area contributed by atoms with E-state index in [2.05, 4.69) is 5.32 Å². The molecule has 1 aromatic heterocycles. The number of nitrogens with one attached hydrogen (secondary N) is 1. The van der Waals surface area contributed by atoms with Crippen molar-refractivity contribution in [2.45, 2.75) is 49.3 Å². The lowest BCUT2D eigenvalue weighted by Gasteiger charge is -2.33. The van der Waals surface area contributed by atoms with Gasteiger partial charge in [-0.2, -0.15) is 4.31 Å². The molecule has 2 fully saturated rings. The number of rotatable bonds is 4. The highest BCUT2D eigenvalue weighted by Gasteiger charge is 2.32. The van der Waals surface area contributed by atoms with E-state index in [9.17, 15) is 13.2 Å². The molecule has 1 amide bonds. The van der Waals surface area contributed by atoms with Crippen LogP contribution in [0.5, 0.6) is 0 Å². The molecule has 3 rings (SSSR count). The molecule has 1 saturated carbocycles. The summed E-state index contributed by atoms with van der Waals surface area (Å²) >= 11 is 1.31. The van der Waals surface area contributed by atoms with Gasteiger partial charge in [-0.05, 0) is 44.7 Å². The van der Waals surface area contributed by atoms with Gasteiger partial charge in [0.25, 0.3) is 10.0 Å². The summed E-state index contributed by atoms with van der Waals surface area (Å²) in [5, 5.41) is 3.08. The molecular formula is C15H22N2O3S2. The lowest BCUT2D eigenvalue weighted by atomic mass is 9.84. The van der Waals surface area contributed by atoms with Gasteiger partial charge in [-0.3, -0.25) is 4.79 Å². The van der Waals surface area contributed by atoms with E-state index in [-0.39, 0.29) is 17.9 Å². The molecule has 0 radical (unpaired) electrons. The summed E-state index contributed by atoms with van der Waals surface area (Å²) in [7, 11) is -3.36. The van der Waals surface area contributed by atoms with Crippen molar-refractivity contribution in [2.75, 3.05) is 13.1 Å². The zero-order valence-electron chi connectivity index (χ0n) is 12.7. The van der Waals surface area contributed by atoms with E-state index in [1.807, 2.05) is 13.0 Å². The van der Waals surface area contributed by atoms with Gasteiger partial charge in [-0.1, -0.05) is 6.42 Å². The maximum absolute atomic E-state index is 12.5. The molecule has 0 aromatic carbocycles. The van der Waals surface area contributed by atoms with E-state index in [0.717, 1.165) is 24.1 Å². The Balaban J connectivity index is 1.56. The van der Waals surface area contributed by atoms with Gasteiger partial charge in [-0.15, -0.1) is 11.3 Å². The minimum Gasteiger partial charge on any atom is -0.353 e. The number of aryl methyl sites for hydroxylation is 1. The zero-order valence-corrected chi connectivity index (χ0v) is 14.4. The van der Waals surface area contributed by atoms with Crippen LogP contribution in [0.1, 0.15) is 37.0 Å². The topological polar surface area (TPSA) is 66.5 Å². The van der Waals surface area contributed by atoms with Crippen LogP contribution in [0, 0.1) is 12.8 Å². The van der Waals surface area contributed by atoms with Crippen LogP contribution in [0.25, 0.3) is 0 Å². The van der Waals surface area contributed by atoms with Gasteiger partial charge in [0.15, 0.2) is 0 Å². The molecule has 2 aliphatic rings. The summed E-state index contributed by atoms with van der Waals surface area (Å²) in [4.78, 5) is 13.0. The van der Waals surface area contributed by atoms with Gasteiger partial charge in [0.2, 0.25) is 5.91 Å². The number of thiophene rings is 1. The quantitative estimate of drug-likeness (QED) is 0.911. The van der Waals surface area contributed by atoms with Gasteiger partial charge in [0.1, 0.15) is 4.21 Å². The third-order valence-electron chi connectivity index (χ3n) is 4.59. The Labute approximate surface area is 135 Å². The maximum atomic E-state index is 12.5. The predicted molar refractivity (Wildman–Crippen MR) is 86.3 cm³/mol. The van der Waals surface area contributed by atoms with E-state index in [1.165, 1.54) is 11.3 Å². The number of hydrogen-bond acceptors (Lipinski definition) is 4. The van der Waals surface area contributed by atoms with E-state index in [4.69, 9.17) is 0 Å². The van der Waals surface area contributed by atoms with Crippen LogP contribution in [0.4, 0.5) is 0 Å². The summed E-state index contributed by atoms with van der Waals surface area (Å²) in [6.45, 7) is 2.87. The van der Waals surface area contributed by atoms with E-state index < -0.39 is 10.0 Å². The summed E-state index contributed by atoms with van der Waals surface area (Å²) < 4.78 is 27.0. The molecule has 2 heterocycles. The molecule has 1 aromatic rings. The van der Waals surface area contributed by atoms with E-state index in [0.29, 0.717) is 30.1 Å². The van der Waals surface area contributed by atoms with Crippen LogP contribution in [-0.4, -0.2) is 37.8 Å². The Bertz CT molecular complexity index is 641. The number of piperidine rings is 1. The average Bonchev–Trinajstić information content (AvgIpc) is 2.84. The minimum absolute atomic E-state index is 0.115. The summed E-state index contributed by atoms with van der Waals surface area (Å²) in [5.74, 6) is 0.345. The van der Waals surface area contributed by atoms with Gasteiger partial charge in [0, 0.05) is 29.9 Å². The maximum Gasteiger partial charge on any atom is 0.252 e. The van der Waals surface area contributed by atoms with Crippen LogP contribution >= 0.6 is 11.3 Å². The number of sulfonamides is 1. The second-order valence-corrected chi connectivity index (χ2v) is 9.63. The summed E-state index contributed by atoms with van der Waals surface area (Å²) in [6.07, 6.45) is 4.53. The molecule has 122 valence electrons. The Kier molecular flexibility index (Phi) is 4.56. The molecule has 0 unspecified atom stereocenters. The summed E-state index contributed by atoms with van der Waals surface area (Å²) in [6, 6.07) is 3.63. The lowest BCUT2D eigenvalue weighted by Crippen LogP contribution is -2.48. The number of hydrogen-bond donors (Lipinski definition) is 1. The van der Waals surface area contributed by atoms with Gasteiger partial charge < -0.3 is 5.32 Å². The fourth-order valence-electron chi connectivity index (χ4n) is 2.91. The van der Waals surface area contributed by atoms with Crippen molar-refractivity contribution in [3.05, 3.63) is 17.0 Å². The first-order chi connectivity index (χ1) is 10.5. The summed E-state index contributed by atoms with van der Waals surface area (Å²) in [5.41, 5.74) is 0. The highest BCUT2D eigenvalue weighted by molar-refractivity contribution is 7.91. The number of carbonyl (C=O) groups excluding carboxylic acids is 1. The molecular weight excluding hydrogens is 320 g/mol. The van der Waals surface area contributed by atoms with Crippen molar-refractivity contribution >= 4 is 27.3 Å². The third kappa shape index (κ3) is 3.21. The fourth-order valence-corrected chi connectivity index (χ4v) is 5.82. The molecule has 1 aliphatic carbocycles. The highest BCUT2D eigenvalue weighted by Crippen LogP contribution is 2.28. The van der Waals surface area contributed by atoms with Gasteiger partial charge in [-0.25, -0.2) is 8.42 Å². The van der Waals surface area contributed by atoms with Crippen LogP contribution < -0.4 is 5.32 Å². The van der Waals surface area contributed by atoms with E-state index in [1.54, 1.807) is 10.4 Å². The zero-order chi connectivity index (χ0) is 15.7. The van der Waals surface area contributed by atoms with Crippen molar-refractivity contribution in [1.82, 2.24) is 9.62 Å². The monoisotopic (exact) mass is 342 g/mol. The highest BCUT2D eigenvalue weighted by atomic mass is 32.2. The molecule has 1 aliphatic heterocycles. The van der Waals surface area contributed by atoms with Crippen molar-refractivity contribution in [2.24, 2.45) is 5.92 Å². The van der Waals surface area contributed by atoms with E-state index >= 15 is 0 Å². The standard InChI is InChI=1S/C15H22N2O3S2/c1-11-5-6-14(21-11)22(19,20)17-9-7-13(8-10-17)16-15(18)12-3-2-4-12/h5-6,12-13H,2-4,7-10H2,1H3,(H,16,18). The first-order valence-corrected chi connectivity index (χ1v) is 10.1. The molecule has 1 N–H and O–H groups in total. The van der Waals surface area contributed by atoms with Crippen LogP contribution in [0.3, 0.4) is 0 Å². The minimum atomic E-state index is -3.36. The molecule has 0 atom stereocenters. The molecule has 0 spiro atoms. The Morgan fingerprint density at radius 3 is 2.41 bits per heavy atom. The normalized spacial score (nSPS) is 21.5. The van der Waals surface area contributed by atoms with Crippen molar-refractivity contribution in [3.8, 4) is 0 Å². The van der Waals surface area contributed by atoms with Crippen molar-refractivity contribution < 1.29 is 13.2 Å². The Morgan fingerprint density at radius 1 is 1.23 bits per heavy atom. The predicted octanol–water partition coefficient (Wildman–Crippen LogP) is 2.13. The first kappa shape index (κ1) is 16.0. The molecule has 0 bridgehead atoms. The lowest BCUT2D eigenvalue weighted by molar-refractivity contribution is -0.128. The Morgan fingerprint density at radius 2 is 1.91 bits per heavy atom. The van der Waals surface area contributed by atoms with Crippen molar-refractivity contribution in [3.63, 3.8) is 0 Å². The Hall–Kier alpha value is -0.920. The number of carbonyl (C=O) groups is 1. The largest absolute Gasteiger partial charge is 0.353 e. The first-order valence-electron chi connectivity index (χ1n) is 7.84. The van der Waals surface area contributed by atoms with Crippen LogP contribution in [-0.2, 0) is 14.8 Å². The SMILES string of the molecule is Cc1ccc(S(=O)(=O)N2CCC(NC(=O)C3CCC3)CC2)s1. The van der Waals surface area contributed by atoms with Crippen LogP contribution in [0.15, 0.2) is 16.3 Å². The molecule has 22 heavy (non-hydrogen) atoms. The fraction of sp³-hybridized carbons (Fsp3) is 0.667. The van der Waals surface area contributed by atoms with Gasteiger partial charge in [0.05, 0.1) is 0 Å². The molecule has 1 saturated heterocycles. The van der Waals surface area contributed by atoms with Crippen LogP contribution in [0.2, 0.25) is 0 Å². The second kappa shape index (κ2) is 6.29. The molecule has 7 heteroatoms. The molecule has 5 nitrogen and oxygen atoms in total. The average molecular weight is 342 g/mol. The smallest absolute Gasteiger partial charge is 0.252 e. The third-order valence-corrected chi connectivity index (χ3v) is 7.95.